The number of hydrogen-bond acceptors (Lipinski definition) is 3. The van der Waals surface area contributed by atoms with Gasteiger partial charge in [-0.05, 0) is 25.1 Å². The van der Waals surface area contributed by atoms with Crippen molar-refractivity contribution in [1.29, 1.82) is 0 Å². The molecule has 4 nitrogen and oxygen atoms in total. The molecule has 1 fully saturated rings. The van der Waals surface area contributed by atoms with Crippen LogP contribution < -0.4 is 4.90 Å². The average molecular weight is 319 g/mol. The first kappa shape index (κ1) is 15.6. The van der Waals surface area contributed by atoms with Crippen LogP contribution in [0.2, 0.25) is 10.0 Å². The molecule has 2 rings (SSSR count). The lowest BCUT2D eigenvalue weighted by Gasteiger charge is -2.26. The Morgan fingerprint density at radius 2 is 2.10 bits per heavy atom. The van der Waals surface area contributed by atoms with Gasteiger partial charge in [0.25, 0.3) is 0 Å². The summed E-state index contributed by atoms with van der Waals surface area (Å²) in [6.45, 7) is 6.09. The Bertz CT molecular complexity index is 475. The molecule has 0 aromatic heterocycles. The van der Waals surface area contributed by atoms with E-state index in [1.807, 2.05) is 6.92 Å². The zero-order valence-corrected chi connectivity index (χ0v) is 12.8. The number of nitrogens with one attached hydrogen (secondary N) is 1. The van der Waals surface area contributed by atoms with E-state index in [0.717, 1.165) is 32.8 Å². The molecular formula is C14H18Cl2NO3+. The highest BCUT2D eigenvalue weighted by Crippen LogP contribution is 2.21. The van der Waals surface area contributed by atoms with Crippen LogP contribution >= 0.6 is 23.2 Å². The Kier molecular flexibility index (Phi) is 5.66. The van der Waals surface area contributed by atoms with E-state index in [-0.39, 0.29) is 6.10 Å². The topological polar surface area (TPSA) is 40.0 Å². The molecule has 0 spiro atoms. The van der Waals surface area contributed by atoms with Gasteiger partial charge in [-0.3, -0.25) is 0 Å². The average Bonchev–Trinajstić information content (AvgIpc) is 2.39. The van der Waals surface area contributed by atoms with Gasteiger partial charge in [0.2, 0.25) is 0 Å². The second-order valence-corrected chi connectivity index (χ2v) is 5.75. The molecule has 1 aromatic carbocycles. The summed E-state index contributed by atoms with van der Waals surface area (Å²) >= 11 is 11.8. The Morgan fingerprint density at radius 1 is 1.40 bits per heavy atom. The van der Waals surface area contributed by atoms with E-state index in [1.165, 1.54) is 11.0 Å². The number of ether oxygens (including phenoxy) is 2. The zero-order valence-electron chi connectivity index (χ0n) is 11.3. The summed E-state index contributed by atoms with van der Waals surface area (Å²) in [7, 11) is 0. The Labute approximate surface area is 128 Å². The fraction of sp³-hybridized carbons (Fsp3) is 0.500. The molecule has 0 bridgehead atoms. The fourth-order valence-electron chi connectivity index (χ4n) is 2.21. The lowest BCUT2D eigenvalue weighted by atomic mass is 10.2. The predicted molar refractivity (Wildman–Crippen MR) is 77.7 cm³/mol. The minimum Gasteiger partial charge on any atom is -0.453 e. The number of halogens is 2. The maximum absolute atomic E-state index is 12.0. The van der Waals surface area contributed by atoms with Gasteiger partial charge in [0.05, 0.1) is 23.8 Å². The summed E-state index contributed by atoms with van der Waals surface area (Å²) in [6.07, 6.45) is -0.164. The largest absolute Gasteiger partial charge is 0.453 e. The summed E-state index contributed by atoms with van der Waals surface area (Å²) in [5.41, 5.74) is 0.347. The van der Waals surface area contributed by atoms with Crippen LogP contribution in [0.1, 0.15) is 17.3 Å². The molecule has 6 heteroatoms. The third-order valence-electron chi connectivity index (χ3n) is 3.24. The second-order valence-electron chi connectivity index (χ2n) is 4.91. The van der Waals surface area contributed by atoms with E-state index >= 15 is 0 Å². The number of carbonyl (C=O) groups excluding carboxylic acids is 1. The minimum absolute atomic E-state index is 0.164. The van der Waals surface area contributed by atoms with Crippen LogP contribution in [0.15, 0.2) is 18.2 Å². The highest BCUT2D eigenvalue weighted by Gasteiger charge is 2.21. The van der Waals surface area contributed by atoms with Crippen LogP contribution in [-0.2, 0) is 9.47 Å². The molecule has 0 saturated carbocycles. The predicted octanol–water partition coefficient (Wildman–Crippen LogP) is 1.45. The monoisotopic (exact) mass is 318 g/mol. The number of carbonyl (C=O) groups is 1. The number of morpholine rings is 1. The standard InChI is InChI=1S/C14H17Cl2NO3/c1-10(9-17-4-6-19-7-5-17)20-14(18)12-3-2-11(15)8-13(12)16/h2-3,8,10H,4-7,9H2,1H3/p+1/t10-/m0/s1. The van der Waals surface area contributed by atoms with E-state index in [4.69, 9.17) is 32.7 Å². The first-order valence-electron chi connectivity index (χ1n) is 6.63. The lowest BCUT2D eigenvalue weighted by Crippen LogP contribution is -3.15. The maximum atomic E-state index is 12.0. The molecule has 1 N–H and O–H groups in total. The molecule has 0 unspecified atom stereocenters. The number of rotatable bonds is 4. The first-order valence-corrected chi connectivity index (χ1v) is 7.39. The van der Waals surface area contributed by atoms with Crippen molar-refractivity contribution in [2.45, 2.75) is 13.0 Å². The van der Waals surface area contributed by atoms with E-state index in [9.17, 15) is 4.79 Å². The molecule has 0 amide bonds. The molecule has 1 aromatic rings. The van der Waals surface area contributed by atoms with Crippen molar-refractivity contribution in [2.24, 2.45) is 0 Å². The fourth-order valence-corrected chi connectivity index (χ4v) is 2.70. The first-order chi connectivity index (χ1) is 9.56. The van der Waals surface area contributed by atoms with Crippen LogP contribution in [0.4, 0.5) is 0 Å². The Balaban J connectivity index is 1.89. The van der Waals surface area contributed by atoms with Crippen molar-refractivity contribution in [1.82, 2.24) is 0 Å². The van der Waals surface area contributed by atoms with Gasteiger partial charge in [0.1, 0.15) is 25.7 Å². The van der Waals surface area contributed by atoms with Crippen molar-refractivity contribution in [3.05, 3.63) is 33.8 Å². The third kappa shape index (κ3) is 4.35. The zero-order chi connectivity index (χ0) is 14.5. The summed E-state index contributed by atoms with van der Waals surface area (Å²) in [6, 6.07) is 4.75. The van der Waals surface area contributed by atoms with Gasteiger partial charge in [-0.1, -0.05) is 23.2 Å². The molecule has 1 saturated heterocycles. The highest BCUT2D eigenvalue weighted by molar-refractivity contribution is 6.36. The van der Waals surface area contributed by atoms with Crippen molar-refractivity contribution in [3.8, 4) is 0 Å². The van der Waals surface area contributed by atoms with E-state index < -0.39 is 5.97 Å². The van der Waals surface area contributed by atoms with Gasteiger partial charge >= 0.3 is 5.97 Å². The molecule has 0 radical (unpaired) electrons. The van der Waals surface area contributed by atoms with Gasteiger partial charge in [0, 0.05) is 5.02 Å². The van der Waals surface area contributed by atoms with E-state index in [0.29, 0.717) is 15.6 Å². The van der Waals surface area contributed by atoms with Crippen LogP contribution in [0, 0.1) is 0 Å². The van der Waals surface area contributed by atoms with E-state index in [1.54, 1.807) is 12.1 Å². The molecule has 1 aliphatic heterocycles. The SMILES string of the molecule is C[C@@H](C[NH+]1CCOCC1)OC(=O)c1ccc(Cl)cc1Cl. The Hall–Kier alpha value is -0.810. The molecule has 20 heavy (non-hydrogen) atoms. The van der Waals surface area contributed by atoms with Crippen molar-refractivity contribution in [3.63, 3.8) is 0 Å². The number of esters is 1. The maximum Gasteiger partial charge on any atom is 0.340 e. The third-order valence-corrected chi connectivity index (χ3v) is 3.78. The summed E-state index contributed by atoms with van der Waals surface area (Å²) in [5.74, 6) is -0.410. The number of hydrogen-bond donors (Lipinski definition) is 1. The molecule has 1 heterocycles. The van der Waals surface area contributed by atoms with Crippen LogP contribution in [-0.4, -0.2) is 44.9 Å². The van der Waals surface area contributed by atoms with Gasteiger partial charge in [-0.25, -0.2) is 4.79 Å². The second kappa shape index (κ2) is 7.27. The van der Waals surface area contributed by atoms with Gasteiger partial charge in [-0.2, -0.15) is 0 Å². The van der Waals surface area contributed by atoms with Gasteiger partial charge in [0.15, 0.2) is 0 Å². The molecule has 0 aliphatic carbocycles. The molecule has 1 atom stereocenters. The lowest BCUT2D eigenvalue weighted by molar-refractivity contribution is -0.910. The minimum atomic E-state index is -0.410. The van der Waals surface area contributed by atoms with Gasteiger partial charge in [-0.15, -0.1) is 0 Å². The van der Waals surface area contributed by atoms with Crippen LogP contribution in [0.25, 0.3) is 0 Å². The van der Waals surface area contributed by atoms with Crippen molar-refractivity contribution in [2.75, 3.05) is 32.8 Å². The summed E-state index contributed by atoms with van der Waals surface area (Å²) in [5, 5.41) is 0.811. The van der Waals surface area contributed by atoms with Crippen molar-refractivity contribution < 1.29 is 19.2 Å². The highest BCUT2D eigenvalue weighted by atomic mass is 35.5. The van der Waals surface area contributed by atoms with Crippen molar-refractivity contribution >= 4 is 29.2 Å². The quantitative estimate of drug-likeness (QED) is 0.854. The summed E-state index contributed by atoms with van der Waals surface area (Å²) < 4.78 is 10.7. The normalized spacial score (nSPS) is 17.8. The van der Waals surface area contributed by atoms with Crippen LogP contribution in [0.3, 0.4) is 0 Å². The smallest absolute Gasteiger partial charge is 0.340 e. The molecule has 1 aliphatic rings. The van der Waals surface area contributed by atoms with E-state index in [2.05, 4.69) is 0 Å². The summed E-state index contributed by atoms with van der Waals surface area (Å²) in [4.78, 5) is 13.4. The Morgan fingerprint density at radius 3 is 2.75 bits per heavy atom. The van der Waals surface area contributed by atoms with Gasteiger partial charge < -0.3 is 14.4 Å². The molecule has 110 valence electrons. The number of quaternary nitrogens is 1. The van der Waals surface area contributed by atoms with Crippen LogP contribution in [0.5, 0.6) is 0 Å². The molecular weight excluding hydrogens is 301 g/mol. The number of benzene rings is 1.